The first-order valence-corrected chi connectivity index (χ1v) is 7.34. The van der Waals surface area contributed by atoms with E-state index in [9.17, 15) is 0 Å². The Labute approximate surface area is 141 Å². The fraction of sp³-hybridized carbons (Fsp3) is 0.286. The summed E-state index contributed by atoms with van der Waals surface area (Å²) in [5, 5.41) is 9.43. The third-order valence-corrected chi connectivity index (χ3v) is 3.41. The predicted molar refractivity (Wildman–Crippen MR) is 100 cm³/mol. The summed E-state index contributed by atoms with van der Waals surface area (Å²) in [6, 6.07) is 9.68. The molecule has 2 N–H and O–H groups in total. The van der Waals surface area contributed by atoms with Crippen LogP contribution in [0.25, 0.3) is 0 Å². The van der Waals surface area contributed by atoms with Gasteiger partial charge in [0.2, 0.25) is 0 Å². The maximum Gasteiger partial charge on any atom is 0.189 e. The molecule has 0 heterocycles. The smallest absolute Gasteiger partial charge is 0.189 e. The third kappa shape index (κ3) is 6.15. The SMILES string of the molecule is CN(C)C(=S)N/N=C/C(=N/NC(=S)N(C)C)c1ccccc1. The molecule has 1 rings (SSSR count). The zero-order chi connectivity index (χ0) is 16.5. The van der Waals surface area contributed by atoms with Gasteiger partial charge in [-0.3, -0.25) is 10.9 Å². The Bertz CT molecular complexity index is 566. The summed E-state index contributed by atoms with van der Waals surface area (Å²) in [6.45, 7) is 0. The van der Waals surface area contributed by atoms with Gasteiger partial charge in [0.1, 0.15) is 5.71 Å². The highest BCUT2D eigenvalue weighted by Gasteiger charge is 2.02. The van der Waals surface area contributed by atoms with Gasteiger partial charge in [-0.15, -0.1) is 0 Å². The number of thiocarbonyl (C=S) groups is 2. The van der Waals surface area contributed by atoms with Crippen molar-refractivity contribution in [3.05, 3.63) is 35.9 Å². The molecule has 6 nitrogen and oxygen atoms in total. The van der Waals surface area contributed by atoms with Crippen LogP contribution >= 0.6 is 24.4 Å². The highest BCUT2D eigenvalue weighted by atomic mass is 32.1. The zero-order valence-corrected chi connectivity index (χ0v) is 14.7. The van der Waals surface area contributed by atoms with Crippen molar-refractivity contribution in [2.24, 2.45) is 10.2 Å². The van der Waals surface area contributed by atoms with E-state index in [1.807, 2.05) is 58.5 Å². The van der Waals surface area contributed by atoms with Crippen molar-refractivity contribution in [1.29, 1.82) is 0 Å². The molecule has 0 aliphatic rings. The molecule has 118 valence electrons. The normalized spacial score (nSPS) is 11.2. The lowest BCUT2D eigenvalue weighted by molar-refractivity contribution is 0.605. The second-order valence-corrected chi connectivity index (χ2v) is 5.52. The Morgan fingerprint density at radius 3 is 2.05 bits per heavy atom. The Morgan fingerprint density at radius 2 is 1.50 bits per heavy atom. The number of benzene rings is 1. The highest BCUT2D eigenvalue weighted by Crippen LogP contribution is 1.99. The van der Waals surface area contributed by atoms with Crippen molar-refractivity contribution in [3.8, 4) is 0 Å². The predicted octanol–water partition coefficient (Wildman–Crippen LogP) is 1.25. The number of nitrogens with one attached hydrogen (secondary N) is 2. The Morgan fingerprint density at radius 1 is 0.955 bits per heavy atom. The van der Waals surface area contributed by atoms with Gasteiger partial charge in [0, 0.05) is 33.8 Å². The standard InChI is InChI=1S/C14H20N6S2/c1-19(2)13(21)17-15-10-12(11-8-6-5-7-9-11)16-18-14(22)20(3)4/h5-10H,1-4H3,(H,17,21)(H,18,22)/b15-10+,16-12-. The van der Waals surface area contributed by atoms with Crippen LogP contribution in [0.4, 0.5) is 0 Å². The second kappa shape index (κ2) is 9.06. The van der Waals surface area contributed by atoms with Crippen LogP contribution in [0, 0.1) is 0 Å². The van der Waals surface area contributed by atoms with Gasteiger partial charge in [-0.05, 0) is 24.4 Å². The van der Waals surface area contributed by atoms with Gasteiger partial charge in [-0.1, -0.05) is 30.3 Å². The first kappa shape index (κ1) is 18.0. The summed E-state index contributed by atoms with van der Waals surface area (Å²) in [4.78, 5) is 3.52. The lowest BCUT2D eigenvalue weighted by Gasteiger charge is -2.13. The maximum atomic E-state index is 5.15. The number of hydrogen-bond acceptors (Lipinski definition) is 4. The first-order valence-electron chi connectivity index (χ1n) is 6.52. The van der Waals surface area contributed by atoms with Crippen LogP contribution in [0.5, 0.6) is 0 Å². The Balaban J connectivity index is 2.88. The Hall–Kier alpha value is -2.06. The molecule has 1 aromatic rings. The van der Waals surface area contributed by atoms with Gasteiger partial charge in [-0.2, -0.15) is 10.2 Å². The van der Waals surface area contributed by atoms with Gasteiger partial charge in [0.15, 0.2) is 10.2 Å². The van der Waals surface area contributed by atoms with Gasteiger partial charge in [0.05, 0.1) is 6.21 Å². The summed E-state index contributed by atoms with van der Waals surface area (Å²) in [5.74, 6) is 0. The molecule has 0 amide bonds. The lowest BCUT2D eigenvalue weighted by Crippen LogP contribution is -2.32. The molecule has 22 heavy (non-hydrogen) atoms. The zero-order valence-electron chi connectivity index (χ0n) is 13.1. The van der Waals surface area contributed by atoms with Crippen molar-refractivity contribution in [1.82, 2.24) is 20.7 Å². The van der Waals surface area contributed by atoms with Gasteiger partial charge < -0.3 is 9.80 Å². The number of hydrogen-bond donors (Lipinski definition) is 2. The highest BCUT2D eigenvalue weighted by molar-refractivity contribution is 7.80. The van der Waals surface area contributed by atoms with Gasteiger partial charge >= 0.3 is 0 Å². The minimum absolute atomic E-state index is 0.513. The molecular weight excluding hydrogens is 316 g/mol. The van der Waals surface area contributed by atoms with Crippen molar-refractivity contribution in [2.45, 2.75) is 0 Å². The van der Waals surface area contributed by atoms with E-state index in [0.29, 0.717) is 15.9 Å². The minimum Gasteiger partial charge on any atom is -0.354 e. The van der Waals surface area contributed by atoms with Crippen LogP contribution in [0.3, 0.4) is 0 Å². The van der Waals surface area contributed by atoms with Crippen LogP contribution in [0.2, 0.25) is 0 Å². The summed E-state index contributed by atoms with van der Waals surface area (Å²) >= 11 is 10.3. The fourth-order valence-corrected chi connectivity index (χ4v) is 1.33. The minimum atomic E-state index is 0.513. The molecule has 0 bridgehead atoms. The van der Waals surface area contributed by atoms with Crippen LogP contribution in [-0.2, 0) is 0 Å². The second-order valence-electron chi connectivity index (χ2n) is 4.74. The van der Waals surface area contributed by atoms with Crippen molar-refractivity contribution < 1.29 is 0 Å². The molecule has 0 atom stereocenters. The van der Waals surface area contributed by atoms with Crippen LogP contribution in [0.1, 0.15) is 5.56 Å². The van der Waals surface area contributed by atoms with Gasteiger partial charge in [-0.25, -0.2) is 0 Å². The molecule has 0 saturated carbocycles. The molecule has 1 aromatic carbocycles. The molecule has 0 aliphatic heterocycles. The van der Waals surface area contributed by atoms with Crippen LogP contribution < -0.4 is 10.9 Å². The van der Waals surface area contributed by atoms with E-state index in [2.05, 4.69) is 21.1 Å². The van der Waals surface area contributed by atoms with E-state index in [1.165, 1.54) is 0 Å². The molecular formula is C14H20N6S2. The van der Waals surface area contributed by atoms with E-state index < -0.39 is 0 Å². The number of rotatable bonds is 4. The maximum absolute atomic E-state index is 5.15. The van der Waals surface area contributed by atoms with E-state index in [-0.39, 0.29) is 0 Å². The molecule has 0 unspecified atom stereocenters. The van der Waals surface area contributed by atoms with Crippen LogP contribution in [-0.4, -0.2) is 60.1 Å². The van der Waals surface area contributed by atoms with Gasteiger partial charge in [0.25, 0.3) is 0 Å². The fourth-order valence-electron chi connectivity index (χ4n) is 1.23. The molecule has 0 saturated heterocycles. The van der Waals surface area contributed by atoms with E-state index in [1.54, 1.807) is 16.0 Å². The third-order valence-electron chi connectivity index (χ3n) is 2.50. The Kier molecular flexibility index (Phi) is 7.41. The van der Waals surface area contributed by atoms with E-state index >= 15 is 0 Å². The summed E-state index contributed by atoms with van der Waals surface area (Å²) in [6.07, 6.45) is 1.59. The molecule has 0 radical (unpaired) electrons. The van der Waals surface area contributed by atoms with E-state index in [0.717, 1.165) is 5.56 Å². The summed E-state index contributed by atoms with van der Waals surface area (Å²) in [7, 11) is 7.37. The quantitative estimate of drug-likeness (QED) is 0.490. The summed E-state index contributed by atoms with van der Waals surface area (Å²) < 4.78 is 0. The molecule has 0 fully saturated rings. The molecule has 0 spiro atoms. The average Bonchev–Trinajstić information content (AvgIpc) is 2.50. The van der Waals surface area contributed by atoms with Crippen molar-refractivity contribution in [3.63, 3.8) is 0 Å². The van der Waals surface area contributed by atoms with Crippen molar-refractivity contribution >= 4 is 46.6 Å². The molecule has 0 aliphatic carbocycles. The van der Waals surface area contributed by atoms with E-state index in [4.69, 9.17) is 24.4 Å². The monoisotopic (exact) mass is 336 g/mol. The van der Waals surface area contributed by atoms with Crippen LogP contribution in [0.15, 0.2) is 40.5 Å². The van der Waals surface area contributed by atoms with Crippen molar-refractivity contribution in [2.75, 3.05) is 28.2 Å². The molecule has 8 heteroatoms. The summed E-state index contributed by atoms with van der Waals surface area (Å²) in [5.41, 5.74) is 7.14. The number of nitrogens with zero attached hydrogens (tertiary/aromatic N) is 4. The topological polar surface area (TPSA) is 55.3 Å². The average molecular weight is 336 g/mol. The number of hydrazone groups is 2. The lowest BCUT2D eigenvalue weighted by atomic mass is 10.1. The largest absolute Gasteiger partial charge is 0.354 e. The first-order chi connectivity index (χ1) is 10.4. The molecule has 0 aromatic heterocycles.